The van der Waals surface area contributed by atoms with Crippen molar-refractivity contribution in [3.8, 4) is 0 Å². The molecule has 0 saturated heterocycles. The summed E-state index contributed by atoms with van der Waals surface area (Å²) in [5.41, 5.74) is 16.3. The minimum atomic E-state index is -1.25. The minimum Gasteiger partial charge on any atom is -0.480 e. The number of carbonyl (C=O) groups excluding carboxylic acids is 7. The molecule has 20 nitrogen and oxygen atoms in total. The van der Waals surface area contributed by atoms with Gasteiger partial charge in [0, 0.05) is 6.54 Å². The lowest BCUT2D eigenvalue weighted by Gasteiger charge is -2.20. The van der Waals surface area contributed by atoms with E-state index in [0.29, 0.717) is 24.5 Å². The Morgan fingerprint density at radius 3 is 1.48 bits per heavy atom. The third-order valence-corrected chi connectivity index (χ3v) is 7.27. The van der Waals surface area contributed by atoms with Crippen LogP contribution in [0.15, 0.2) is 4.99 Å². The van der Waals surface area contributed by atoms with Gasteiger partial charge in [-0.3, -0.25) is 43.3 Å². The quantitative estimate of drug-likeness (QED) is 0.0238. The van der Waals surface area contributed by atoms with Crippen molar-refractivity contribution in [3.05, 3.63) is 0 Å². The van der Waals surface area contributed by atoms with Gasteiger partial charge in [0.25, 0.3) is 0 Å². The van der Waals surface area contributed by atoms with Crippen LogP contribution in [0.4, 0.5) is 0 Å². The van der Waals surface area contributed by atoms with Crippen molar-refractivity contribution in [2.24, 2.45) is 22.2 Å². The van der Waals surface area contributed by atoms with E-state index in [4.69, 9.17) is 22.3 Å². The highest BCUT2D eigenvalue weighted by Gasteiger charge is 2.24. The lowest BCUT2D eigenvalue weighted by Crippen LogP contribution is -2.54. The zero-order valence-corrected chi connectivity index (χ0v) is 28.6. The van der Waals surface area contributed by atoms with Gasteiger partial charge in [-0.1, -0.05) is 0 Å². The molecule has 0 aromatic rings. The molecule has 0 fully saturated rings. The summed E-state index contributed by atoms with van der Waals surface area (Å²) in [7, 11) is 0. The molecule has 0 spiro atoms. The minimum absolute atomic E-state index is 0.0773. The number of rotatable bonds is 25. The van der Waals surface area contributed by atoms with Crippen molar-refractivity contribution < 1.29 is 43.5 Å². The SMILES string of the molecule is CSCC[C@H](NC(=O)CNC(=O)[C@H](CCSC)NC(=O)CNC(=O)[C@@H](N)CCCN=C(N)N)C(=O)NCC(=O)NCC(=O)NCC(=O)O. The van der Waals surface area contributed by atoms with Crippen LogP contribution < -0.4 is 54.4 Å². The molecular formula is C26H47N11O9S2. The molecule has 0 aliphatic rings. The molecule has 22 heteroatoms. The number of amides is 7. The van der Waals surface area contributed by atoms with Crippen LogP contribution in [0.2, 0.25) is 0 Å². The molecule has 7 amide bonds. The molecule has 0 unspecified atom stereocenters. The van der Waals surface area contributed by atoms with E-state index in [9.17, 15) is 38.4 Å². The third-order valence-electron chi connectivity index (χ3n) is 5.98. The molecular weight excluding hydrogens is 674 g/mol. The Labute approximate surface area is 286 Å². The van der Waals surface area contributed by atoms with Crippen LogP contribution >= 0.6 is 23.5 Å². The maximum absolute atomic E-state index is 12.8. The number of hydrogen-bond acceptors (Lipinski definition) is 12. The molecule has 0 rings (SSSR count). The van der Waals surface area contributed by atoms with Gasteiger partial charge in [0.05, 0.1) is 32.2 Å². The zero-order valence-electron chi connectivity index (χ0n) is 26.9. The highest BCUT2D eigenvalue weighted by molar-refractivity contribution is 7.98. The Bertz CT molecular complexity index is 1140. The predicted molar refractivity (Wildman–Crippen MR) is 180 cm³/mol. The van der Waals surface area contributed by atoms with Gasteiger partial charge in [0.15, 0.2) is 5.96 Å². The fraction of sp³-hybridized carbons (Fsp3) is 0.654. The van der Waals surface area contributed by atoms with Gasteiger partial charge in [-0.25, -0.2) is 0 Å². The van der Waals surface area contributed by atoms with Crippen LogP contribution in [0, 0.1) is 0 Å². The standard InChI is InChI=1S/C26H47N11O9S2/c1-47-8-5-16(24(45)34-11-19(39)31-10-18(38)32-14-22(42)43)37-21(41)13-35-25(46)17(6-9-48-2)36-20(40)12-33-23(44)15(27)4-3-7-30-26(28)29/h15-17H,3-14,27H2,1-2H3,(H,31,39)(H,32,38)(H,33,44)(H,34,45)(H,35,46)(H,36,40)(H,37,41)(H,42,43)(H4,28,29,30)/t15-,16-,17-/m0/s1. The number of nitrogens with one attached hydrogen (secondary N) is 7. The van der Waals surface area contributed by atoms with Crippen LogP contribution in [0.25, 0.3) is 0 Å². The molecule has 0 radical (unpaired) electrons. The summed E-state index contributed by atoms with van der Waals surface area (Å²) < 4.78 is 0. The fourth-order valence-electron chi connectivity index (χ4n) is 3.51. The molecule has 0 saturated carbocycles. The highest BCUT2D eigenvalue weighted by atomic mass is 32.2. The first-order chi connectivity index (χ1) is 22.7. The van der Waals surface area contributed by atoms with E-state index < -0.39 is 98.2 Å². The Hall–Kier alpha value is -4.31. The third kappa shape index (κ3) is 22.3. The molecule has 0 aromatic heterocycles. The first-order valence-electron chi connectivity index (χ1n) is 14.7. The van der Waals surface area contributed by atoms with Gasteiger partial charge in [0.2, 0.25) is 41.4 Å². The summed E-state index contributed by atoms with van der Waals surface area (Å²) in [5, 5.41) is 25.0. The number of hydrogen-bond donors (Lipinski definition) is 11. The largest absolute Gasteiger partial charge is 0.480 e. The molecule has 48 heavy (non-hydrogen) atoms. The zero-order chi connectivity index (χ0) is 36.5. The van der Waals surface area contributed by atoms with E-state index in [-0.39, 0.29) is 25.2 Å². The maximum Gasteiger partial charge on any atom is 0.322 e. The number of carbonyl (C=O) groups is 8. The number of carboxylic acid groups (broad SMARTS) is 1. The lowest BCUT2D eigenvalue weighted by atomic mass is 10.1. The number of nitrogens with two attached hydrogens (primary N) is 3. The molecule has 0 aliphatic carbocycles. The number of thioether (sulfide) groups is 2. The summed E-state index contributed by atoms with van der Waals surface area (Å²) in [5.74, 6) is -5.10. The van der Waals surface area contributed by atoms with Crippen LogP contribution in [0.5, 0.6) is 0 Å². The average molecular weight is 722 g/mol. The number of nitrogens with zero attached hydrogens (tertiary/aromatic N) is 1. The Balaban J connectivity index is 4.90. The van der Waals surface area contributed by atoms with Gasteiger partial charge in [-0.15, -0.1) is 0 Å². The molecule has 272 valence electrons. The summed E-state index contributed by atoms with van der Waals surface area (Å²) >= 11 is 2.84. The molecule has 0 aromatic carbocycles. The van der Waals surface area contributed by atoms with Gasteiger partial charge in [0.1, 0.15) is 18.6 Å². The van der Waals surface area contributed by atoms with Crippen molar-refractivity contribution in [1.82, 2.24) is 37.2 Å². The summed E-state index contributed by atoms with van der Waals surface area (Å²) in [4.78, 5) is 101. The fourth-order valence-corrected chi connectivity index (χ4v) is 4.45. The second-order valence-electron chi connectivity index (χ2n) is 9.96. The van der Waals surface area contributed by atoms with E-state index in [1.54, 1.807) is 6.26 Å². The Morgan fingerprint density at radius 2 is 1.04 bits per heavy atom. The van der Waals surface area contributed by atoms with Crippen LogP contribution in [0.1, 0.15) is 25.7 Å². The van der Waals surface area contributed by atoms with Crippen molar-refractivity contribution in [2.45, 2.75) is 43.8 Å². The van der Waals surface area contributed by atoms with E-state index >= 15 is 0 Å². The van der Waals surface area contributed by atoms with Gasteiger partial charge in [-0.05, 0) is 49.7 Å². The van der Waals surface area contributed by atoms with Crippen LogP contribution in [-0.2, 0) is 38.4 Å². The number of carboxylic acids is 1. The summed E-state index contributed by atoms with van der Waals surface area (Å²) in [6, 6.07) is -2.98. The van der Waals surface area contributed by atoms with E-state index in [2.05, 4.69) is 42.2 Å². The second-order valence-corrected chi connectivity index (χ2v) is 11.9. The van der Waals surface area contributed by atoms with E-state index in [1.165, 1.54) is 23.5 Å². The highest BCUT2D eigenvalue weighted by Crippen LogP contribution is 2.03. The van der Waals surface area contributed by atoms with Gasteiger partial charge >= 0.3 is 5.97 Å². The van der Waals surface area contributed by atoms with Gasteiger partial charge in [-0.2, -0.15) is 23.5 Å². The molecule has 3 atom stereocenters. The molecule has 14 N–H and O–H groups in total. The van der Waals surface area contributed by atoms with Crippen molar-refractivity contribution >= 4 is 76.8 Å². The van der Waals surface area contributed by atoms with Crippen molar-refractivity contribution in [2.75, 3.05) is 63.3 Å². The number of guanidine groups is 1. The van der Waals surface area contributed by atoms with Crippen molar-refractivity contribution in [3.63, 3.8) is 0 Å². The van der Waals surface area contributed by atoms with E-state index in [1.807, 2.05) is 6.26 Å². The Kier molecular flexibility index (Phi) is 23.4. The van der Waals surface area contributed by atoms with Crippen molar-refractivity contribution in [1.29, 1.82) is 0 Å². The van der Waals surface area contributed by atoms with E-state index in [0.717, 1.165) is 0 Å². The topological polar surface area (TPSA) is 331 Å². The van der Waals surface area contributed by atoms with Gasteiger partial charge < -0.3 is 59.5 Å². The second kappa shape index (κ2) is 25.7. The summed E-state index contributed by atoms with van der Waals surface area (Å²) in [6.07, 6.45) is 4.74. The molecule has 0 bridgehead atoms. The molecule has 0 heterocycles. The first kappa shape index (κ1) is 43.7. The summed E-state index contributed by atoms with van der Waals surface area (Å²) in [6.45, 7) is -2.30. The molecule has 0 aliphatic heterocycles. The number of aliphatic carboxylic acids is 1. The first-order valence-corrected chi connectivity index (χ1v) is 17.4. The Morgan fingerprint density at radius 1 is 0.625 bits per heavy atom. The maximum atomic E-state index is 12.8. The monoisotopic (exact) mass is 721 g/mol. The smallest absolute Gasteiger partial charge is 0.322 e. The average Bonchev–Trinajstić information content (AvgIpc) is 3.04. The normalized spacial score (nSPS) is 12.2. The van der Waals surface area contributed by atoms with Crippen LogP contribution in [-0.4, -0.2) is 140 Å². The predicted octanol–water partition coefficient (Wildman–Crippen LogP) is -5.49. The number of aliphatic imine (C=N–C) groups is 1. The van der Waals surface area contributed by atoms with Crippen LogP contribution in [0.3, 0.4) is 0 Å². The lowest BCUT2D eigenvalue weighted by molar-refractivity contribution is -0.138.